The number of hydrogen-bond donors (Lipinski definition) is 2. The van der Waals surface area contributed by atoms with Crippen LogP contribution in [0.15, 0.2) is 55.2 Å². The molecular weight excluding hydrogens is 311 g/mol. The fourth-order valence-electron chi connectivity index (χ4n) is 2.30. The van der Waals surface area contributed by atoms with E-state index in [-0.39, 0.29) is 24.1 Å². The molecule has 0 aliphatic carbocycles. The number of nitrogens with two attached hydrogens (primary N) is 1. The van der Waals surface area contributed by atoms with E-state index in [0.29, 0.717) is 11.3 Å². The van der Waals surface area contributed by atoms with Crippen LogP contribution in [0.25, 0.3) is 0 Å². The maximum absolute atomic E-state index is 13.4. The van der Waals surface area contributed by atoms with Crippen LogP contribution in [0.1, 0.15) is 22.1 Å². The molecule has 0 spiro atoms. The zero-order valence-corrected chi connectivity index (χ0v) is 12.6. The molecule has 7 nitrogen and oxygen atoms in total. The molecule has 0 saturated heterocycles. The summed E-state index contributed by atoms with van der Waals surface area (Å²) >= 11 is 0. The van der Waals surface area contributed by atoms with Gasteiger partial charge in [-0.05, 0) is 17.7 Å². The number of nitrogens with one attached hydrogen (secondary N) is 1. The van der Waals surface area contributed by atoms with E-state index in [4.69, 9.17) is 5.73 Å². The Bertz CT molecular complexity index is 835. The number of rotatable bonds is 5. The number of carbonyl (C=O) groups is 1. The van der Waals surface area contributed by atoms with Crippen LogP contribution in [0.2, 0.25) is 0 Å². The molecule has 122 valence electrons. The second kappa shape index (κ2) is 6.97. The van der Waals surface area contributed by atoms with Crippen LogP contribution < -0.4 is 11.1 Å². The number of anilines is 1. The number of amides is 1. The summed E-state index contributed by atoms with van der Waals surface area (Å²) in [7, 11) is 0. The summed E-state index contributed by atoms with van der Waals surface area (Å²) in [6, 6.07) is 5.85. The van der Waals surface area contributed by atoms with Gasteiger partial charge in [-0.3, -0.25) is 14.5 Å². The molecule has 0 aliphatic rings. The molecule has 3 aromatic rings. The number of halogens is 1. The average molecular weight is 326 g/mol. The summed E-state index contributed by atoms with van der Waals surface area (Å²) in [5.41, 5.74) is 7.19. The van der Waals surface area contributed by atoms with Crippen molar-refractivity contribution in [1.82, 2.24) is 19.7 Å². The SMILES string of the molecule is NCC(c1cccc(F)c1)n1cc(NC(=O)c2cnccn2)cn1. The summed E-state index contributed by atoms with van der Waals surface area (Å²) in [6.07, 6.45) is 7.43. The van der Waals surface area contributed by atoms with Crippen molar-refractivity contribution in [3.05, 3.63) is 72.3 Å². The van der Waals surface area contributed by atoms with E-state index in [1.807, 2.05) is 0 Å². The van der Waals surface area contributed by atoms with Crippen molar-refractivity contribution < 1.29 is 9.18 Å². The molecule has 3 N–H and O–H groups in total. The van der Waals surface area contributed by atoms with Gasteiger partial charge < -0.3 is 11.1 Å². The molecule has 1 aromatic carbocycles. The third-order valence-corrected chi connectivity index (χ3v) is 3.43. The summed E-state index contributed by atoms with van der Waals surface area (Å²) in [6.45, 7) is 0.239. The van der Waals surface area contributed by atoms with Gasteiger partial charge in [-0.25, -0.2) is 9.37 Å². The second-order valence-electron chi connectivity index (χ2n) is 5.06. The lowest BCUT2D eigenvalue weighted by Gasteiger charge is -2.15. The summed E-state index contributed by atoms with van der Waals surface area (Å²) in [5.74, 6) is -0.730. The largest absolute Gasteiger partial charge is 0.328 e. The van der Waals surface area contributed by atoms with Gasteiger partial charge in [-0.15, -0.1) is 0 Å². The highest BCUT2D eigenvalue weighted by atomic mass is 19.1. The Kier molecular flexibility index (Phi) is 4.57. The first-order chi connectivity index (χ1) is 11.7. The maximum atomic E-state index is 13.4. The van der Waals surface area contributed by atoms with Crippen LogP contribution >= 0.6 is 0 Å². The van der Waals surface area contributed by atoms with Crippen LogP contribution in [0.4, 0.5) is 10.1 Å². The Morgan fingerprint density at radius 2 is 2.21 bits per heavy atom. The molecule has 2 aromatic heterocycles. The lowest BCUT2D eigenvalue weighted by molar-refractivity contribution is 0.102. The minimum Gasteiger partial charge on any atom is -0.328 e. The predicted molar refractivity (Wildman–Crippen MR) is 85.8 cm³/mol. The summed E-state index contributed by atoms with van der Waals surface area (Å²) in [4.78, 5) is 19.8. The van der Waals surface area contributed by atoms with E-state index in [0.717, 1.165) is 0 Å². The van der Waals surface area contributed by atoms with Gasteiger partial charge >= 0.3 is 0 Å². The summed E-state index contributed by atoms with van der Waals surface area (Å²) in [5, 5.41) is 6.88. The van der Waals surface area contributed by atoms with Crippen molar-refractivity contribution in [1.29, 1.82) is 0 Å². The first kappa shape index (κ1) is 15.8. The molecule has 0 radical (unpaired) electrons. The van der Waals surface area contributed by atoms with Gasteiger partial charge in [0, 0.05) is 25.1 Å². The standard InChI is InChI=1S/C16H15FN6O/c17-12-3-1-2-11(6-12)15(7-18)23-10-13(8-21-23)22-16(24)14-9-19-4-5-20-14/h1-6,8-10,15H,7,18H2,(H,22,24). The zero-order chi connectivity index (χ0) is 16.9. The van der Waals surface area contributed by atoms with Crippen molar-refractivity contribution in [2.75, 3.05) is 11.9 Å². The number of nitrogens with zero attached hydrogens (tertiary/aromatic N) is 4. The van der Waals surface area contributed by atoms with E-state index in [2.05, 4.69) is 20.4 Å². The molecule has 1 amide bonds. The Labute approximate surface area is 137 Å². The first-order valence-electron chi connectivity index (χ1n) is 7.24. The normalized spacial score (nSPS) is 11.9. The van der Waals surface area contributed by atoms with Crippen molar-refractivity contribution in [2.45, 2.75) is 6.04 Å². The average Bonchev–Trinajstić information content (AvgIpc) is 3.04. The highest BCUT2D eigenvalue weighted by Crippen LogP contribution is 2.19. The topological polar surface area (TPSA) is 98.7 Å². The van der Waals surface area contributed by atoms with Gasteiger partial charge in [-0.1, -0.05) is 12.1 Å². The molecule has 1 unspecified atom stereocenters. The third kappa shape index (κ3) is 3.44. The van der Waals surface area contributed by atoms with E-state index in [1.165, 1.54) is 36.9 Å². The number of hydrogen-bond acceptors (Lipinski definition) is 5. The molecule has 0 fully saturated rings. The van der Waals surface area contributed by atoms with E-state index in [9.17, 15) is 9.18 Å². The van der Waals surface area contributed by atoms with Crippen LogP contribution in [-0.4, -0.2) is 32.2 Å². The third-order valence-electron chi connectivity index (χ3n) is 3.43. The van der Waals surface area contributed by atoms with Crippen molar-refractivity contribution in [3.63, 3.8) is 0 Å². The summed E-state index contributed by atoms with van der Waals surface area (Å²) < 4.78 is 15.0. The second-order valence-corrected chi connectivity index (χ2v) is 5.06. The van der Waals surface area contributed by atoms with Crippen molar-refractivity contribution in [2.24, 2.45) is 5.73 Å². The van der Waals surface area contributed by atoms with E-state index >= 15 is 0 Å². The molecule has 0 aliphatic heterocycles. The fourth-order valence-corrected chi connectivity index (χ4v) is 2.30. The zero-order valence-electron chi connectivity index (χ0n) is 12.6. The fraction of sp³-hybridized carbons (Fsp3) is 0.125. The minimum atomic E-state index is -0.391. The lowest BCUT2D eigenvalue weighted by atomic mass is 10.1. The highest BCUT2D eigenvalue weighted by Gasteiger charge is 2.15. The van der Waals surface area contributed by atoms with Crippen LogP contribution in [-0.2, 0) is 0 Å². The lowest BCUT2D eigenvalue weighted by Crippen LogP contribution is -2.21. The van der Waals surface area contributed by atoms with Crippen LogP contribution in [0, 0.1) is 5.82 Å². The molecule has 1 atom stereocenters. The molecular formula is C16H15FN6O. The highest BCUT2D eigenvalue weighted by molar-refractivity contribution is 6.02. The van der Waals surface area contributed by atoms with Gasteiger partial charge in [-0.2, -0.15) is 5.10 Å². The molecule has 2 heterocycles. The number of aromatic nitrogens is 4. The smallest absolute Gasteiger partial charge is 0.275 e. The van der Waals surface area contributed by atoms with Gasteiger partial charge in [0.25, 0.3) is 5.91 Å². The quantitative estimate of drug-likeness (QED) is 0.742. The molecule has 3 rings (SSSR count). The Hall–Kier alpha value is -3.13. The van der Waals surface area contributed by atoms with Crippen LogP contribution in [0.3, 0.4) is 0 Å². The van der Waals surface area contributed by atoms with E-state index < -0.39 is 5.91 Å². The van der Waals surface area contributed by atoms with E-state index in [1.54, 1.807) is 23.0 Å². The van der Waals surface area contributed by atoms with Gasteiger partial charge in [0.05, 0.1) is 24.1 Å². The minimum absolute atomic E-state index is 0.200. The predicted octanol–water partition coefficient (Wildman–Crippen LogP) is 1.61. The first-order valence-corrected chi connectivity index (χ1v) is 7.24. The van der Waals surface area contributed by atoms with Crippen molar-refractivity contribution >= 4 is 11.6 Å². The van der Waals surface area contributed by atoms with Gasteiger partial charge in [0.2, 0.25) is 0 Å². The Balaban J connectivity index is 1.78. The molecule has 8 heteroatoms. The molecule has 0 saturated carbocycles. The monoisotopic (exact) mass is 326 g/mol. The maximum Gasteiger partial charge on any atom is 0.275 e. The molecule has 24 heavy (non-hydrogen) atoms. The van der Waals surface area contributed by atoms with Crippen LogP contribution in [0.5, 0.6) is 0 Å². The number of benzene rings is 1. The Morgan fingerprint density at radius 3 is 2.92 bits per heavy atom. The number of carbonyl (C=O) groups excluding carboxylic acids is 1. The van der Waals surface area contributed by atoms with Crippen molar-refractivity contribution in [3.8, 4) is 0 Å². The Morgan fingerprint density at radius 1 is 1.33 bits per heavy atom. The molecule has 0 bridgehead atoms. The van der Waals surface area contributed by atoms with Gasteiger partial charge in [0.15, 0.2) is 0 Å². The van der Waals surface area contributed by atoms with Gasteiger partial charge in [0.1, 0.15) is 11.5 Å².